The molecule has 2 rings (SSSR count). The summed E-state index contributed by atoms with van der Waals surface area (Å²) in [5.41, 5.74) is 0.657. The minimum atomic E-state index is -0.380. The van der Waals surface area contributed by atoms with Gasteiger partial charge >= 0.3 is 0 Å². The Bertz CT molecular complexity index is 458. The number of nitrogens with zero attached hydrogens (tertiary/aromatic N) is 1. The Morgan fingerprint density at radius 1 is 1.32 bits per heavy atom. The summed E-state index contributed by atoms with van der Waals surface area (Å²) in [5, 5.41) is 3.25. The van der Waals surface area contributed by atoms with Gasteiger partial charge in [-0.25, -0.2) is 4.90 Å². The Balaban J connectivity index is 2.09. The molecular formula is C15H20N2O2. The first-order valence-corrected chi connectivity index (χ1v) is 6.81. The number of carbonyl (C=O) groups is 2. The van der Waals surface area contributed by atoms with Gasteiger partial charge in [0, 0.05) is 6.04 Å². The van der Waals surface area contributed by atoms with E-state index in [9.17, 15) is 9.59 Å². The minimum absolute atomic E-state index is 0.127. The third-order valence-electron chi connectivity index (χ3n) is 3.37. The molecule has 0 spiro atoms. The molecule has 19 heavy (non-hydrogen) atoms. The Hall–Kier alpha value is -1.68. The molecule has 1 N–H and O–H groups in total. The van der Waals surface area contributed by atoms with E-state index in [-0.39, 0.29) is 30.3 Å². The number of benzene rings is 1. The van der Waals surface area contributed by atoms with Crippen molar-refractivity contribution >= 4 is 17.5 Å². The van der Waals surface area contributed by atoms with Crippen LogP contribution in [-0.2, 0) is 9.59 Å². The predicted molar refractivity (Wildman–Crippen MR) is 74.8 cm³/mol. The van der Waals surface area contributed by atoms with Gasteiger partial charge in [-0.3, -0.25) is 9.59 Å². The fourth-order valence-electron chi connectivity index (χ4n) is 2.47. The van der Waals surface area contributed by atoms with Gasteiger partial charge in [0.05, 0.1) is 18.2 Å². The van der Waals surface area contributed by atoms with Crippen molar-refractivity contribution in [1.82, 2.24) is 5.32 Å². The predicted octanol–water partition coefficient (Wildman–Crippen LogP) is 2.10. The van der Waals surface area contributed by atoms with Crippen molar-refractivity contribution in [3.05, 3.63) is 30.3 Å². The van der Waals surface area contributed by atoms with Gasteiger partial charge in [0.25, 0.3) is 5.91 Å². The van der Waals surface area contributed by atoms with E-state index >= 15 is 0 Å². The van der Waals surface area contributed by atoms with Crippen molar-refractivity contribution in [2.24, 2.45) is 0 Å². The van der Waals surface area contributed by atoms with Crippen molar-refractivity contribution in [3.63, 3.8) is 0 Å². The highest BCUT2D eigenvalue weighted by Crippen LogP contribution is 2.22. The first-order chi connectivity index (χ1) is 9.13. The molecule has 2 atom stereocenters. The molecule has 1 aliphatic heterocycles. The molecular weight excluding hydrogens is 240 g/mol. The quantitative estimate of drug-likeness (QED) is 0.825. The Kier molecular flexibility index (Phi) is 4.32. The van der Waals surface area contributed by atoms with E-state index in [1.54, 1.807) is 12.1 Å². The molecule has 1 saturated heterocycles. The molecule has 102 valence electrons. The minimum Gasteiger partial charge on any atom is -0.303 e. The molecule has 1 aromatic rings. The monoisotopic (exact) mass is 260 g/mol. The fourth-order valence-corrected chi connectivity index (χ4v) is 2.47. The third kappa shape index (κ3) is 3.01. The molecule has 4 heteroatoms. The molecule has 1 aromatic carbocycles. The zero-order chi connectivity index (χ0) is 13.8. The Labute approximate surface area is 113 Å². The summed E-state index contributed by atoms with van der Waals surface area (Å²) in [7, 11) is 0. The van der Waals surface area contributed by atoms with Crippen LogP contribution in [0.4, 0.5) is 5.69 Å². The van der Waals surface area contributed by atoms with Gasteiger partial charge in [-0.15, -0.1) is 0 Å². The van der Waals surface area contributed by atoms with E-state index in [0.29, 0.717) is 5.69 Å². The topological polar surface area (TPSA) is 49.4 Å². The number of rotatable bonds is 5. The number of imide groups is 1. The normalized spacial score (nSPS) is 20.9. The van der Waals surface area contributed by atoms with Crippen LogP contribution in [0.2, 0.25) is 0 Å². The van der Waals surface area contributed by atoms with Gasteiger partial charge in [-0.05, 0) is 25.5 Å². The number of nitrogens with one attached hydrogen (secondary N) is 1. The maximum absolute atomic E-state index is 12.3. The number of amides is 2. The second-order valence-electron chi connectivity index (χ2n) is 5.02. The second-order valence-corrected chi connectivity index (χ2v) is 5.02. The molecule has 1 fully saturated rings. The number of hydrogen-bond acceptors (Lipinski definition) is 3. The summed E-state index contributed by atoms with van der Waals surface area (Å²) in [6.45, 7) is 4.16. The zero-order valence-corrected chi connectivity index (χ0v) is 11.4. The van der Waals surface area contributed by atoms with Crippen LogP contribution in [0.15, 0.2) is 30.3 Å². The molecule has 0 saturated carbocycles. The van der Waals surface area contributed by atoms with E-state index in [2.05, 4.69) is 12.2 Å². The van der Waals surface area contributed by atoms with E-state index in [0.717, 1.165) is 12.8 Å². The molecule has 2 unspecified atom stereocenters. The van der Waals surface area contributed by atoms with Crippen LogP contribution in [0.1, 0.15) is 33.1 Å². The average molecular weight is 260 g/mol. The van der Waals surface area contributed by atoms with Crippen molar-refractivity contribution in [2.75, 3.05) is 4.90 Å². The smallest absolute Gasteiger partial charge is 0.251 e. The van der Waals surface area contributed by atoms with Gasteiger partial charge in [0.2, 0.25) is 5.91 Å². The van der Waals surface area contributed by atoms with Gasteiger partial charge in [-0.2, -0.15) is 0 Å². The van der Waals surface area contributed by atoms with Crippen LogP contribution in [0, 0.1) is 0 Å². The lowest BCUT2D eigenvalue weighted by molar-refractivity contribution is -0.121. The number of para-hydroxylation sites is 1. The SMILES string of the molecule is CCCC(C)NC1CC(=O)N(c2ccccc2)C1=O. The van der Waals surface area contributed by atoms with E-state index in [4.69, 9.17) is 0 Å². The van der Waals surface area contributed by atoms with E-state index in [1.165, 1.54) is 4.90 Å². The average Bonchev–Trinajstić information content (AvgIpc) is 2.66. The summed E-state index contributed by atoms with van der Waals surface area (Å²) < 4.78 is 0. The maximum Gasteiger partial charge on any atom is 0.251 e. The summed E-state index contributed by atoms with van der Waals surface area (Å²) in [6.07, 6.45) is 2.32. The zero-order valence-electron chi connectivity index (χ0n) is 11.4. The van der Waals surface area contributed by atoms with Crippen molar-refractivity contribution in [2.45, 2.75) is 45.2 Å². The Morgan fingerprint density at radius 3 is 2.63 bits per heavy atom. The summed E-state index contributed by atoms with van der Waals surface area (Å²) >= 11 is 0. The van der Waals surface area contributed by atoms with Crippen LogP contribution >= 0.6 is 0 Å². The van der Waals surface area contributed by atoms with Crippen molar-refractivity contribution in [1.29, 1.82) is 0 Å². The molecule has 1 aliphatic rings. The molecule has 0 radical (unpaired) electrons. The van der Waals surface area contributed by atoms with Crippen molar-refractivity contribution < 1.29 is 9.59 Å². The lowest BCUT2D eigenvalue weighted by Crippen LogP contribution is -2.42. The number of anilines is 1. The summed E-state index contributed by atoms with van der Waals surface area (Å²) in [6, 6.07) is 8.97. The number of hydrogen-bond donors (Lipinski definition) is 1. The second kappa shape index (κ2) is 5.97. The molecule has 2 amide bonds. The largest absolute Gasteiger partial charge is 0.303 e. The van der Waals surface area contributed by atoms with Gasteiger partial charge in [0.1, 0.15) is 0 Å². The van der Waals surface area contributed by atoms with E-state index < -0.39 is 0 Å². The Morgan fingerprint density at radius 2 is 2.00 bits per heavy atom. The first-order valence-electron chi connectivity index (χ1n) is 6.81. The molecule has 0 aliphatic carbocycles. The fraction of sp³-hybridized carbons (Fsp3) is 0.467. The van der Waals surface area contributed by atoms with Gasteiger partial charge in [-0.1, -0.05) is 31.5 Å². The van der Waals surface area contributed by atoms with Crippen LogP contribution in [-0.4, -0.2) is 23.9 Å². The highest BCUT2D eigenvalue weighted by Gasteiger charge is 2.39. The van der Waals surface area contributed by atoms with Crippen LogP contribution in [0.3, 0.4) is 0 Å². The van der Waals surface area contributed by atoms with Crippen LogP contribution in [0.25, 0.3) is 0 Å². The van der Waals surface area contributed by atoms with Gasteiger partial charge in [0.15, 0.2) is 0 Å². The van der Waals surface area contributed by atoms with E-state index in [1.807, 2.05) is 25.1 Å². The lowest BCUT2D eigenvalue weighted by atomic mass is 10.1. The van der Waals surface area contributed by atoms with Gasteiger partial charge < -0.3 is 5.32 Å². The van der Waals surface area contributed by atoms with Crippen LogP contribution < -0.4 is 10.2 Å². The molecule has 0 bridgehead atoms. The van der Waals surface area contributed by atoms with Crippen LogP contribution in [0.5, 0.6) is 0 Å². The number of carbonyl (C=O) groups excluding carboxylic acids is 2. The molecule has 1 heterocycles. The highest BCUT2D eigenvalue weighted by molar-refractivity contribution is 6.22. The van der Waals surface area contributed by atoms with Crippen molar-refractivity contribution in [3.8, 4) is 0 Å². The molecule has 0 aromatic heterocycles. The third-order valence-corrected chi connectivity index (χ3v) is 3.37. The summed E-state index contributed by atoms with van der Waals surface area (Å²) in [4.78, 5) is 25.6. The highest BCUT2D eigenvalue weighted by atomic mass is 16.2. The molecule has 4 nitrogen and oxygen atoms in total. The maximum atomic E-state index is 12.3. The first kappa shape index (κ1) is 13.7. The standard InChI is InChI=1S/C15H20N2O2/c1-3-7-11(2)16-13-10-14(18)17(15(13)19)12-8-5-4-6-9-12/h4-6,8-9,11,13,16H,3,7,10H2,1-2H3. The summed E-state index contributed by atoms with van der Waals surface area (Å²) in [5.74, 6) is -0.267. The lowest BCUT2D eigenvalue weighted by Gasteiger charge is -2.18.